The van der Waals surface area contributed by atoms with Gasteiger partial charge >= 0.3 is 45.9 Å². The Morgan fingerprint density at radius 3 is 1.95 bits per heavy atom. The molecule has 0 fully saturated rings. The molecule has 0 aliphatic rings. The van der Waals surface area contributed by atoms with E-state index in [-0.39, 0.29) is 49.1 Å². The summed E-state index contributed by atoms with van der Waals surface area (Å²) in [5, 5.41) is 0. The van der Waals surface area contributed by atoms with Crippen LogP contribution in [-0.4, -0.2) is 57.1 Å². The number of rotatable bonds is 14. The third-order valence-electron chi connectivity index (χ3n) is 3.02. The van der Waals surface area contributed by atoms with Crippen molar-refractivity contribution in [3.8, 4) is 0 Å². The van der Waals surface area contributed by atoms with E-state index in [9.17, 15) is 13.2 Å². The van der Waals surface area contributed by atoms with Crippen molar-refractivity contribution in [2.24, 2.45) is 5.73 Å². The zero-order chi connectivity index (χ0) is 16.0. The summed E-state index contributed by atoms with van der Waals surface area (Å²) in [7, 11) is -4.23. The Bertz CT molecular complexity index is 362. The van der Waals surface area contributed by atoms with Crippen LogP contribution in [0, 0.1) is 0 Å². The molecule has 2 N–H and O–H groups in total. The standard InChI is InChI=1S/C14H29NO5S.Na.H/c1-2-3-4-5-6-7-8-9-10-11-14(16)20-21(17,18)19-13-12-15;;/h2-13,15H2,1H3;;. The monoisotopic (exact) mass is 347 g/mol. The zero-order valence-corrected chi connectivity index (χ0v) is 13.8. The summed E-state index contributed by atoms with van der Waals surface area (Å²) >= 11 is 0. The number of hydrogen-bond donors (Lipinski definition) is 1. The van der Waals surface area contributed by atoms with Gasteiger partial charge in [0.25, 0.3) is 0 Å². The summed E-state index contributed by atoms with van der Waals surface area (Å²) in [6.45, 7) is 2.06. The van der Waals surface area contributed by atoms with Crippen molar-refractivity contribution in [3.63, 3.8) is 0 Å². The molecule has 0 aromatic carbocycles. The van der Waals surface area contributed by atoms with Crippen molar-refractivity contribution in [2.45, 2.75) is 71.1 Å². The van der Waals surface area contributed by atoms with Gasteiger partial charge in [0.2, 0.25) is 0 Å². The molecule has 0 bridgehead atoms. The fraction of sp³-hybridized carbons (Fsp3) is 0.929. The quantitative estimate of drug-likeness (QED) is 0.381. The molecule has 0 aromatic heterocycles. The third-order valence-corrected chi connectivity index (χ3v) is 3.87. The van der Waals surface area contributed by atoms with Crippen LogP contribution in [0.2, 0.25) is 0 Å². The number of carbonyl (C=O) groups excluding carboxylic acids is 1. The third kappa shape index (κ3) is 16.7. The Labute approximate surface area is 157 Å². The van der Waals surface area contributed by atoms with Crippen LogP contribution in [0.25, 0.3) is 0 Å². The molecule has 0 aliphatic carbocycles. The number of hydrogen-bond acceptors (Lipinski definition) is 6. The maximum absolute atomic E-state index is 11.3. The molecule has 0 radical (unpaired) electrons. The first-order chi connectivity index (χ1) is 10.0. The Kier molecular flexibility index (Phi) is 18.1. The van der Waals surface area contributed by atoms with Crippen LogP contribution in [-0.2, 0) is 23.6 Å². The van der Waals surface area contributed by atoms with Gasteiger partial charge in [0.15, 0.2) is 0 Å². The van der Waals surface area contributed by atoms with E-state index >= 15 is 0 Å². The van der Waals surface area contributed by atoms with Crippen LogP contribution in [0.15, 0.2) is 0 Å². The van der Waals surface area contributed by atoms with E-state index in [0.29, 0.717) is 6.42 Å². The van der Waals surface area contributed by atoms with E-state index in [4.69, 9.17) is 5.73 Å². The van der Waals surface area contributed by atoms with Gasteiger partial charge < -0.3 is 9.92 Å². The van der Waals surface area contributed by atoms with Crippen molar-refractivity contribution < 1.29 is 21.6 Å². The molecular weight excluding hydrogens is 317 g/mol. The van der Waals surface area contributed by atoms with Gasteiger partial charge in [-0.25, -0.2) is 4.18 Å². The minimum atomic E-state index is -4.23. The second-order valence-electron chi connectivity index (χ2n) is 5.05. The van der Waals surface area contributed by atoms with Crippen molar-refractivity contribution in [3.05, 3.63) is 0 Å². The van der Waals surface area contributed by atoms with Crippen molar-refractivity contribution in [2.75, 3.05) is 13.2 Å². The molecule has 0 saturated carbocycles. The summed E-state index contributed by atoms with van der Waals surface area (Å²) in [5.41, 5.74) is 5.10. The number of nitrogens with two attached hydrogens (primary N) is 1. The maximum atomic E-state index is 11.3. The Balaban J connectivity index is 0. The van der Waals surface area contributed by atoms with Crippen LogP contribution in [0.5, 0.6) is 0 Å². The molecule has 0 heterocycles. The predicted molar refractivity (Wildman–Crippen MR) is 89.0 cm³/mol. The van der Waals surface area contributed by atoms with Crippen molar-refractivity contribution in [1.82, 2.24) is 0 Å². The van der Waals surface area contributed by atoms with E-state index in [1.807, 2.05) is 0 Å². The van der Waals surface area contributed by atoms with Gasteiger partial charge in [-0.15, -0.1) is 0 Å². The molecule has 0 amide bonds. The average Bonchev–Trinajstić information content (AvgIpc) is 2.43. The summed E-state index contributed by atoms with van der Waals surface area (Å²) in [6.07, 6.45) is 10.2. The van der Waals surface area contributed by atoms with Crippen LogP contribution >= 0.6 is 0 Å². The van der Waals surface area contributed by atoms with Gasteiger partial charge in [0.1, 0.15) is 0 Å². The fourth-order valence-electron chi connectivity index (χ4n) is 1.91. The predicted octanol–water partition coefficient (Wildman–Crippen LogP) is 2.02. The van der Waals surface area contributed by atoms with Gasteiger partial charge in [-0.3, -0.25) is 4.79 Å². The first-order valence-electron chi connectivity index (χ1n) is 7.83. The number of carbonyl (C=O) groups is 1. The molecule has 0 atom stereocenters. The topological polar surface area (TPSA) is 95.7 Å². The fourth-order valence-corrected chi connectivity index (χ4v) is 2.57. The molecular formula is C14H30NNaO5S. The second-order valence-corrected chi connectivity index (χ2v) is 6.27. The van der Waals surface area contributed by atoms with Gasteiger partial charge in [0, 0.05) is 13.0 Å². The molecule has 128 valence electrons. The SMILES string of the molecule is CCCCCCCCCCCC(=O)OS(=O)(=O)OCCN.[NaH]. The first kappa shape index (κ1) is 24.6. The molecule has 0 saturated heterocycles. The molecule has 0 aliphatic heterocycles. The molecule has 0 aromatic rings. The molecule has 0 unspecified atom stereocenters. The second kappa shape index (κ2) is 16.2. The van der Waals surface area contributed by atoms with E-state index in [2.05, 4.69) is 15.3 Å². The van der Waals surface area contributed by atoms with Crippen LogP contribution in [0.3, 0.4) is 0 Å². The van der Waals surface area contributed by atoms with Crippen LogP contribution < -0.4 is 5.73 Å². The molecule has 6 nitrogen and oxygen atoms in total. The van der Waals surface area contributed by atoms with Crippen LogP contribution in [0.1, 0.15) is 71.1 Å². The summed E-state index contributed by atoms with van der Waals surface area (Å²) in [5.74, 6) is -0.769. The Hall–Kier alpha value is 0.340. The van der Waals surface area contributed by atoms with Crippen molar-refractivity contribution >= 4 is 45.9 Å². The van der Waals surface area contributed by atoms with E-state index < -0.39 is 16.4 Å². The Morgan fingerprint density at radius 1 is 0.955 bits per heavy atom. The molecule has 8 heteroatoms. The van der Waals surface area contributed by atoms with Crippen molar-refractivity contribution in [1.29, 1.82) is 0 Å². The summed E-state index contributed by atoms with van der Waals surface area (Å²) in [4.78, 5) is 11.3. The van der Waals surface area contributed by atoms with Gasteiger partial charge in [0.05, 0.1) is 6.61 Å². The molecule has 22 heavy (non-hydrogen) atoms. The zero-order valence-electron chi connectivity index (χ0n) is 13.0. The van der Waals surface area contributed by atoms with Gasteiger partial charge in [-0.05, 0) is 6.42 Å². The minimum absolute atomic E-state index is 0. The van der Waals surface area contributed by atoms with Gasteiger partial charge in [-0.1, -0.05) is 58.3 Å². The van der Waals surface area contributed by atoms with E-state index in [1.165, 1.54) is 32.1 Å². The van der Waals surface area contributed by atoms with E-state index in [0.717, 1.165) is 19.3 Å². The molecule has 0 spiro atoms. The first-order valence-corrected chi connectivity index (χ1v) is 9.17. The number of unbranched alkanes of at least 4 members (excludes halogenated alkanes) is 8. The summed E-state index contributed by atoms with van der Waals surface area (Å²) < 4.78 is 30.9. The summed E-state index contributed by atoms with van der Waals surface area (Å²) in [6, 6.07) is 0. The van der Waals surface area contributed by atoms with E-state index in [1.54, 1.807) is 0 Å². The molecule has 0 rings (SSSR count). The Morgan fingerprint density at radius 2 is 1.45 bits per heavy atom. The van der Waals surface area contributed by atoms with Crippen LogP contribution in [0.4, 0.5) is 0 Å². The van der Waals surface area contributed by atoms with Gasteiger partial charge in [-0.2, -0.15) is 8.42 Å². The normalized spacial score (nSPS) is 11.0. The average molecular weight is 347 g/mol.